The molecule has 9 rings (SSSR count). The average molecular weight is 911 g/mol. The zero-order valence-electron chi connectivity index (χ0n) is 21.9. The van der Waals surface area contributed by atoms with Crippen molar-refractivity contribution in [3.05, 3.63) is 132 Å². The van der Waals surface area contributed by atoms with Gasteiger partial charge in [-0.25, -0.2) is 0 Å². The minimum Gasteiger partial charge on any atom is -0.309 e. The molecule has 0 aliphatic carbocycles. The summed E-state index contributed by atoms with van der Waals surface area (Å²) >= 11 is 10.9. The summed E-state index contributed by atoms with van der Waals surface area (Å²) in [4.78, 5) is 0. The maximum absolute atomic E-state index is 2.40. The average Bonchev–Trinajstić information content (AvgIpc) is 3.66. The molecule has 0 saturated heterocycles. The molecule has 42 heavy (non-hydrogen) atoms. The third-order valence-corrected chi connectivity index (χ3v) is 12.0. The monoisotopic (exact) mass is 911 g/mol. The topological polar surface area (TPSA) is 4.93 Å². The van der Waals surface area contributed by atoms with Gasteiger partial charge in [0.25, 0.3) is 0 Å². The highest BCUT2D eigenvalue weighted by Gasteiger charge is 2.13. The number of thiophene rings is 2. The lowest BCUT2D eigenvalue weighted by atomic mass is 10.1. The third kappa shape index (κ3) is 4.74. The second kappa shape index (κ2) is 11.0. The first-order valence-electron chi connectivity index (χ1n) is 13.4. The third-order valence-electron chi connectivity index (χ3n) is 7.65. The summed E-state index contributed by atoms with van der Waals surface area (Å²) in [6.45, 7) is 0. The van der Waals surface area contributed by atoms with E-state index in [4.69, 9.17) is 0 Å². The van der Waals surface area contributed by atoms with Crippen LogP contribution in [0.3, 0.4) is 0 Å². The number of halogens is 3. The highest BCUT2D eigenvalue weighted by Crippen LogP contribution is 2.38. The molecule has 0 saturated carbocycles. The molecule has 0 aliphatic heterocycles. The van der Waals surface area contributed by atoms with Gasteiger partial charge in [-0.15, -0.1) is 22.7 Å². The van der Waals surface area contributed by atoms with Crippen molar-refractivity contribution in [3.8, 4) is 5.69 Å². The molecule has 6 heteroatoms. The van der Waals surface area contributed by atoms with Crippen LogP contribution in [0.2, 0.25) is 0 Å². The highest BCUT2D eigenvalue weighted by molar-refractivity contribution is 14.1. The Labute approximate surface area is 291 Å². The van der Waals surface area contributed by atoms with Gasteiger partial charge in [-0.05, 0) is 153 Å². The largest absolute Gasteiger partial charge is 0.309 e. The number of rotatable bonds is 1. The Morgan fingerprint density at radius 2 is 0.762 bits per heavy atom. The molecule has 3 heterocycles. The molecule has 0 unspecified atom stereocenters. The van der Waals surface area contributed by atoms with Gasteiger partial charge in [-0.2, -0.15) is 0 Å². The maximum atomic E-state index is 2.40. The van der Waals surface area contributed by atoms with Crippen LogP contribution in [0.15, 0.2) is 121 Å². The number of aromatic nitrogens is 1. The minimum absolute atomic E-state index is 1.22. The second-order valence-corrected chi connectivity index (χ2v) is 16.1. The van der Waals surface area contributed by atoms with E-state index in [2.05, 4.69) is 194 Å². The van der Waals surface area contributed by atoms with E-state index in [-0.39, 0.29) is 0 Å². The van der Waals surface area contributed by atoms with Crippen LogP contribution >= 0.6 is 90.4 Å². The molecule has 202 valence electrons. The van der Waals surface area contributed by atoms with Crippen molar-refractivity contribution in [3.63, 3.8) is 0 Å². The molecule has 0 radical (unpaired) electrons. The molecular formula is C36H20I3NS2. The quantitative estimate of drug-likeness (QED) is 0.145. The van der Waals surface area contributed by atoms with Crippen LogP contribution < -0.4 is 0 Å². The number of nitrogens with zero attached hydrogens (tertiary/aromatic N) is 1. The molecule has 0 aliphatic rings. The lowest BCUT2D eigenvalue weighted by Crippen LogP contribution is -1.93. The standard InChI is InChI=1S/C24H14INS.C12H6I2S/c25-15-9-11-23-19(13-15)20-14-16(10-12-24(20)27-23)26-21-7-3-1-5-17(21)18-6-2-4-8-22(18)26;13-7-1-3-11-9(5-7)10-6-8(14)2-4-12(10)15-11/h1-14H;1-6H. The van der Waals surface area contributed by atoms with Crippen LogP contribution in [0.1, 0.15) is 0 Å². The number of fused-ring (bicyclic) bond motifs is 9. The van der Waals surface area contributed by atoms with Gasteiger partial charge in [0.2, 0.25) is 0 Å². The molecule has 1 nitrogen and oxygen atoms in total. The Balaban J connectivity index is 0.000000150. The summed E-state index contributed by atoms with van der Waals surface area (Å²) < 4.78 is 11.7. The van der Waals surface area contributed by atoms with E-state index in [1.807, 2.05) is 22.7 Å². The molecule has 0 amide bonds. The van der Waals surface area contributed by atoms with Crippen LogP contribution in [0.25, 0.3) is 67.8 Å². The molecular weight excluding hydrogens is 891 g/mol. The predicted molar refractivity (Wildman–Crippen MR) is 211 cm³/mol. The predicted octanol–water partition coefficient (Wildman–Crippen LogP) is 13.0. The zero-order chi connectivity index (χ0) is 28.4. The lowest BCUT2D eigenvalue weighted by Gasteiger charge is -2.08. The van der Waals surface area contributed by atoms with Crippen molar-refractivity contribution >= 4 is 153 Å². The molecule has 0 fully saturated rings. The Kier molecular flexibility index (Phi) is 7.17. The fourth-order valence-corrected chi connectivity index (χ4v) is 9.41. The van der Waals surface area contributed by atoms with Crippen LogP contribution in [0.5, 0.6) is 0 Å². The Morgan fingerprint density at radius 3 is 1.21 bits per heavy atom. The van der Waals surface area contributed by atoms with Gasteiger partial charge in [0.1, 0.15) is 0 Å². The first-order valence-corrected chi connectivity index (χ1v) is 18.3. The van der Waals surface area contributed by atoms with E-state index in [1.165, 1.54) is 78.5 Å². The van der Waals surface area contributed by atoms with Gasteiger partial charge in [-0.3, -0.25) is 0 Å². The summed E-state index contributed by atoms with van der Waals surface area (Å²) in [7, 11) is 0. The molecule has 0 spiro atoms. The normalized spacial score (nSPS) is 11.7. The van der Waals surface area contributed by atoms with Crippen molar-refractivity contribution in [2.75, 3.05) is 0 Å². The van der Waals surface area contributed by atoms with Gasteiger partial charge >= 0.3 is 0 Å². The summed E-state index contributed by atoms with van der Waals surface area (Å²) in [5.74, 6) is 0. The van der Waals surface area contributed by atoms with Crippen LogP contribution in [-0.2, 0) is 0 Å². The van der Waals surface area contributed by atoms with E-state index >= 15 is 0 Å². The highest BCUT2D eigenvalue weighted by atomic mass is 127. The van der Waals surface area contributed by atoms with Crippen molar-refractivity contribution < 1.29 is 0 Å². The zero-order valence-corrected chi connectivity index (χ0v) is 30.1. The van der Waals surface area contributed by atoms with Crippen molar-refractivity contribution in [2.45, 2.75) is 0 Å². The maximum Gasteiger partial charge on any atom is 0.0541 e. The van der Waals surface area contributed by atoms with E-state index < -0.39 is 0 Å². The fraction of sp³-hybridized carbons (Fsp3) is 0. The van der Waals surface area contributed by atoms with E-state index in [0.29, 0.717) is 0 Å². The summed E-state index contributed by atoms with van der Waals surface area (Å²) in [6.07, 6.45) is 0. The van der Waals surface area contributed by atoms with Crippen molar-refractivity contribution in [1.82, 2.24) is 4.57 Å². The summed E-state index contributed by atoms with van der Waals surface area (Å²) in [5.41, 5.74) is 3.73. The van der Waals surface area contributed by atoms with Gasteiger partial charge < -0.3 is 4.57 Å². The molecule has 0 atom stereocenters. The van der Waals surface area contributed by atoms with Gasteiger partial charge in [0.05, 0.1) is 11.0 Å². The Morgan fingerprint density at radius 1 is 0.381 bits per heavy atom. The Hall–Kier alpha value is -2.25. The number of benzene rings is 6. The van der Waals surface area contributed by atoms with Crippen molar-refractivity contribution in [2.24, 2.45) is 0 Å². The lowest BCUT2D eigenvalue weighted by molar-refractivity contribution is 1.19. The van der Waals surface area contributed by atoms with Crippen LogP contribution in [0, 0.1) is 10.7 Å². The van der Waals surface area contributed by atoms with Crippen LogP contribution in [-0.4, -0.2) is 4.57 Å². The van der Waals surface area contributed by atoms with Gasteiger partial charge in [0.15, 0.2) is 0 Å². The smallest absolute Gasteiger partial charge is 0.0541 e. The SMILES string of the molecule is Ic1ccc2sc3ccc(-n4c5ccccc5c5ccccc54)cc3c2c1.Ic1ccc2sc3ccc(I)cc3c2c1. The molecule has 9 aromatic rings. The van der Waals surface area contributed by atoms with E-state index in [0.717, 1.165) is 0 Å². The minimum atomic E-state index is 1.22. The summed E-state index contributed by atoms with van der Waals surface area (Å²) in [6, 6.07) is 44.3. The van der Waals surface area contributed by atoms with Crippen molar-refractivity contribution in [1.29, 1.82) is 0 Å². The van der Waals surface area contributed by atoms with E-state index in [9.17, 15) is 0 Å². The Bertz CT molecular complexity index is 2360. The second-order valence-electron chi connectivity index (χ2n) is 10.2. The van der Waals surface area contributed by atoms with E-state index in [1.54, 1.807) is 0 Å². The van der Waals surface area contributed by atoms with Gasteiger partial charge in [-0.1, -0.05) is 36.4 Å². The molecule has 6 aromatic carbocycles. The molecule has 0 N–H and O–H groups in total. The number of para-hydroxylation sites is 2. The molecule has 3 aromatic heterocycles. The number of hydrogen-bond acceptors (Lipinski definition) is 2. The summed E-state index contributed by atoms with van der Waals surface area (Å²) in [5, 5.41) is 8.08. The first-order chi connectivity index (χ1) is 20.5. The fourth-order valence-electron chi connectivity index (χ4n) is 5.80. The first kappa shape index (κ1) is 27.3. The number of hydrogen-bond donors (Lipinski definition) is 0. The molecule has 0 bridgehead atoms. The van der Waals surface area contributed by atoms with Crippen LogP contribution in [0.4, 0.5) is 0 Å². The van der Waals surface area contributed by atoms with Gasteiger partial charge in [0, 0.05) is 67.5 Å².